The predicted molar refractivity (Wildman–Crippen MR) is 78.1 cm³/mol. The highest BCUT2D eigenvalue weighted by atomic mass is 35.5. The van der Waals surface area contributed by atoms with Crippen molar-refractivity contribution in [3.63, 3.8) is 0 Å². The fraction of sp³-hybridized carbons (Fsp3) is 0. The molecule has 7 heteroatoms. The Balaban J connectivity index is 2.27. The molecule has 0 radical (unpaired) electrons. The van der Waals surface area contributed by atoms with Crippen LogP contribution in [0.15, 0.2) is 30.5 Å². The highest BCUT2D eigenvalue weighted by molar-refractivity contribution is 6.44. The first-order valence-electron chi connectivity index (χ1n) is 5.15. The van der Waals surface area contributed by atoms with E-state index in [0.717, 1.165) is 0 Å². The van der Waals surface area contributed by atoms with E-state index in [1.807, 2.05) is 0 Å². The summed E-state index contributed by atoms with van der Waals surface area (Å²) in [6, 6.07) is 6.10. The summed E-state index contributed by atoms with van der Waals surface area (Å²) in [5, 5.41) is 3.41. The van der Waals surface area contributed by atoms with E-state index in [-0.39, 0.29) is 15.6 Å². The van der Waals surface area contributed by atoms with Crippen molar-refractivity contribution < 1.29 is 4.79 Å². The SMILES string of the molecule is Nc1cc(Cl)c(Cl)c(C(=O)Nc2ccc(Cl)cn2)c1. The number of nitrogens with two attached hydrogens (primary N) is 1. The van der Waals surface area contributed by atoms with E-state index < -0.39 is 5.91 Å². The Kier molecular flexibility index (Phi) is 4.14. The molecule has 3 N–H and O–H groups in total. The summed E-state index contributed by atoms with van der Waals surface area (Å²) in [6.45, 7) is 0. The molecule has 19 heavy (non-hydrogen) atoms. The molecular weight excluding hydrogens is 309 g/mol. The van der Waals surface area contributed by atoms with Crippen molar-refractivity contribution in [2.75, 3.05) is 11.1 Å². The second-order valence-electron chi connectivity index (χ2n) is 3.68. The van der Waals surface area contributed by atoms with Crippen LogP contribution in [0.4, 0.5) is 11.5 Å². The summed E-state index contributed by atoms with van der Waals surface area (Å²) >= 11 is 17.5. The van der Waals surface area contributed by atoms with Crippen molar-refractivity contribution >= 4 is 52.2 Å². The molecule has 1 aromatic carbocycles. The molecule has 0 aliphatic heterocycles. The van der Waals surface area contributed by atoms with Gasteiger partial charge >= 0.3 is 0 Å². The van der Waals surface area contributed by atoms with Gasteiger partial charge in [-0.2, -0.15) is 0 Å². The summed E-state index contributed by atoms with van der Waals surface area (Å²) in [4.78, 5) is 16.0. The average molecular weight is 317 g/mol. The average Bonchev–Trinajstić information content (AvgIpc) is 2.36. The van der Waals surface area contributed by atoms with Gasteiger partial charge in [0.2, 0.25) is 0 Å². The standard InChI is InChI=1S/C12H8Cl3N3O/c13-6-1-2-10(17-5-6)18-12(19)8-3-7(16)4-9(14)11(8)15/h1-5H,16H2,(H,17,18,19). The number of rotatable bonds is 2. The van der Waals surface area contributed by atoms with Crippen molar-refractivity contribution in [3.8, 4) is 0 Å². The van der Waals surface area contributed by atoms with Crippen LogP contribution >= 0.6 is 34.8 Å². The molecule has 2 aromatic rings. The second-order valence-corrected chi connectivity index (χ2v) is 4.90. The third kappa shape index (κ3) is 3.29. The number of nitrogens with zero attached hydrogens (tertiary/aromatic N) is 1. The van der Waals surface area contributed by atoms with E-state index in [1.54, 1.807) is 12.1 Å². The van der Waals surface area contributed by atoms with Gasteiger partial charge in [-0.25, -0.2) is 4.98 Å². The first kappa shape index (κ1) is 13.9. The van der Waals surface area contributed by atoms with Gasteiger partial charge in [0.05, 0.1) is 20.6 Å². The molecule has 0 aliphatic rings. The molecule has 1 aromatic heterocycles. The first-order chi connectivity index (χ1) is 8.97. The van der Waals surface area contributed by atoms with Gasteiger partial charge in [0.25, 0.3) is 5.91 Å². The van der Waals surface area contributed by atoms with Gasteiger partial charge in [-0.05, 0) is 24.3 Å². The van der Waals surface area contributed by atoms with Gasteiger partial charge in [-0.15, -0.1) is 0 Å². The number of hydrogen-bond donors (Lipinski definition) is 2. The quantitative estimate of drug-likeness (QED) is 0.826. The number of pyridine rings is 1. The molecule has 0 saturated heterocycles. The molecular formula is C12H8Cl3N3O. The van der Waals surface area contributed by atoms with Crippen LogP contribution in [0.5, 0.6) is 0 Å². The zero-order chi connectivity index (χ0) is 14.0. The number of amides is 1. The van der Waals surface area contributed by atoms with Crippen LogP contribution in [0.2, 0.25) is 15.1 Å². The van der Waals surface area contributed by atoms with Crippen LogP contribution in [0.25, 0.3) is 0 Å². The maximum atomic E-state index is 12.0. The van der Waals surface area contributed by atoms with Gasteiger partial charge < -0.3 is 11.1 Å². The number of nitrogens with one attached hydrogen (secondary N) is 1. The van der Waals surface area contributed by atoms with Crippen LogP contribution in [-0.2, 0) is 0 Å². The summed E-state index contributed by atoms with van der Waals surface area (Å²) < 4.78 is 0. The minimum Gasteiger partial charge on any atom is -0.399 e. The molecule has 0 atom stereocenters. The predicted octanol–water partition coefficient (Wildman–Crippen LogP) is 3.88. The molecule has 1 amide bonds. The number of nitrogen functional groups attached to an aromatic ring is 1. The fourth-order valence-electron chi connectivity index (χ4n) is 1.41. The summed E-state index contributed by atoms with van der Waals surface area (Å²) in [6.07, 6.45) is 1.42. The largest absolute Gasteiger partial charge is 0.399 e. The highest BCUT2D eigenvalue weighted by Gasteiger charge is 2.14. The first-order valence-corrected chi connectivity index (χ1v) is 6.28. The zero-order valence-electron chi connectivity index (χ0n) is 9.45. The lowest BCUT2D eigenvalue weighted by molar-refractivity contribution is 0.102. The van der Waals surface area contributed by atoms with Crippen LogP contribution in [0.3, 0.4) is 0 Å². The Morgan fingerprint density at radius 2 is 1.95 bits per heavy atom. The van der Waals surface area contributed by atoms with Crippen molar-refractivity contribution in [3.05, 3.63) is 51.1 Å². The normalized spacial score (nSPS) is 10.3. The lowest BCUT2D eigenvalue weighted by Crippen LogP contribution is -2.14. The zero-order valence-corrected chi connectivity index (χ0v) is 11.7. The molecule has 4 nitrogen and oxygen atoms in total. The molecule has 98 valence electrons. The number of hydrogen-bond acceptors (Lipinski definition) is 3. The van der Waals surface area contributed by atoms with Crippen LogP contribution in [0, 0.1) is 0 Å². The molecule has 1 heterocycles. The summed E-state index contributed by atoms with van der Waals surface area (Å²) in [7, 11) is 0. The molecule has 0 bridgehead atoms. The Morgan fingerprint density at radius 3 is 2.58 bits per heavy atom. The Morgan fingerprint density at radius 1 is 1.21 bits per heavy atom. The molecule has 2 rings (SSSR count). The van der Waals surface area contributed by atoms with E-state index in [1.165, 1.54) is 18.3 Å². The summed E-state index contributed by atoms with van der Waals surface area (Å²) in [5.74, 6) is -0.0990. The van der Waals surface area contributed by atoms with E-state index >= 15 is 0 Å². The molecule has 0 unspecified atom stereocenters. The number of benzene rings is 1. The topological polar surface area (TPSA) is 68.0 Å². The maximum absolute atomic E-state index is 12.0. The highest BCUT2D eigenvalue weighted by Crippen LogP contribution is 2.29. The number of anilines is 2. The Hall–Kier alpha value is -1.49. The van der Waals surface area contributed by atoms with Gasteiger partial charge in [-0.1, -0.05) is 34.8 Å². The Labute approximate surface area is 124 Å². The molecule has 0 fully saturated rings. The number of aromatic nitrogens is 1. The summed E-state index contributed by atoms with van der Waals surface area (Å²) in [5.41, 5.74) is 6.16. The van der Waals surface area contributed by atoms with Crippen molar-refractivity contribution in [2.45, 2.75) is 0 Å². The third-order valence-electron chi connectivity index (χ3n) is 2.26. The van der Waals surface area contributed by atoms with E-state index in [4.69, 9.17) is 40.5 Å². The Bertz CT molecular complexity index is 629. The van der Waals surface area contributed by atoms with Gasteiger partial charge in [0.15, 0.2) is 0 Å². The smallest absolute Gasteiger partial charge is 0.258 e. The van der Waals surface area contributed by atoms with Crippen LogP contribution in [-0.4, -0.2) is 10.9 Å². The van der Waals surface area contributed by atoms with Crippen LogP contribution < -0.4 is 11.1 Å². The van der Waals surface area contributed by atoms with Crippen molar-refractivity contribution in [2.24, 2.45) is 0 Å². The minimum atomic E-state index is -0.450. The van der Waals surface area contributed by atoms with E-state index in [9.17, 15) is 4.79 Å². The number of carbonyl (C=O) groups is 1. The van der Waals surface area contributed by atoms with Crippen molar-refractivity contribution in [1.29, 1.82) is 0 Å². The molecule has 0 aliphatic carbocycles. The number of carbonyl (C=O) groups excluding carboxylic acids is 1. The molecule has 0 saturated carbocycles. The van der Waals surface area contributed by atoms with Crippen molar-refractivity contribution in [1.82, 2.24) is 4.98 Å². The van der Waals surface area contributed by atoms with Gasteiger partial charge in [-0.3, -0.25) is 4.79 Å². The lowest BCUT2D eigenvalue weighted by atomic mass is 10.2. The third-order valence-corrected chi connectivity index (χ3v) is 3.29. The van der Waals surface area contributed by atoms with Gasteiger partial charge in [0.1, 0.15) is 5.82 Å². The monoisotopic (exact) mass is 315 g/mol. The molecule has 0 spiro atoms. The van der Waals surface area contributed by atoms with E-state index in [0.29, 0.717) is 16.5 Å². The van der Waals surface area contributed by atoms with E-state index in [2.05, 4.69) is 10.3 Å². The minimum absolute atomic E-state index is 0.141. The lowest BCUT2D eigenvalue weighted by Gasteiger charge is -2.08. The maximum Gasteiger partial charge on any atom is 0.258 e. The fourth-order valence-corrected chi connectivity index (χ4v) is 1.94. The number of halogens is 3. The van der Waals surface area contributed by atoms with Gasteiger partial charge in [0, 0.05) is 11.9 Å². The van der Waals surface area contributed by atoms with Crippen LogP contribution in [0.1, 0.15) is 10.4 Å². The second kappa shape index (κ2) is 5.65.